The first kappa shape index (κ1) is 18.4. The van der Waals surface area contributed by atoms with Gasteiger partial charge in [0.15, 0.2) is 12.2 Å². The number of oxazole rings is 1. The lowest BCUT2D eigenvalue weighted by Crippen LogP contribution is -2.30. The molecule has 6 heteroatoms. The van der Waals surface area contributed by atoms with Gasteiger partial charge in [-0.15, -0.1) is 0 Å². The Morgan fingerprint density at radius 1 is 1.15 bits per heavy atom. The largest absolute Gasteiger partial charge is 0.452 e. The molecule has 1 amide bonds. The van der Waals surface area contributed by atoms with E-state index in [2.05, 4.69) is 4.98 Å². The van der Waals surface area contributed by atoms with Crippen LogP contribution in [0.5, 0.6) is 0 Å². The summed E-state index contributed by atoms with van der Waals surface area (Å²) in [5.41, 5.74) is 3.52. The van der Waals surface area contributed by atoms with Gasteiger partial charge in [0, 0.05) is 25.7 Å². The Bertz CT molecular complexity index is 940. The SMILES string of the molecule is Cc1ccc(CN(C)C(=O)COC(=O)/C=C/c2nc3ccccc3o2)cc1. The van der Waals surface area contributed by atoms with Crippen molar-refractivity contribution in [2.45, 2.75) is 13.5 Å². The van der Waals surface area contributed by atoms with Crippen LogP contribution >= 0.6 is 0 Å². The first-order chi connectivity index (χ1) is 13.0. The summed E-state index contributed by atoms with van der Waals surface area (Å²) < 4.78 is 10.5. The van der Waals surface area contributed by atoms with Gasteiger partial charge in [0.25, 0.3) is 5.91 Å². The first-order valence-corrected chi connectivity index (χ1v) is 8.51. The maximum Gasteiger partial charge on any atom is 0.331 e. The zero-order valence-electron chi connectivity index (χ0n) is 15.2. The van der Waals surface area contributed by atoms with Crippen molar-refractivity contribution in [2.24, 2.45) is 0 Å². The van der Waals surface area contributed by atoms with Crippen LogP contribution in [0.3, 0.4) is 0 Å². The van der Waals surface area contributed by atoms with Gasteiger partial charge in [-0.25, -0.2) is 9.78 Å². The fraction of sp³-hybridized carbons (Fsp3) is 0.190. The van der Waals surface area contributed by atoms with E-state index in [1.165, 1.54) is 17.1 Å². The second-order valence-electron chi connectivity index (χ2n) is 6.20. The van der Waals surface area contributed by atoms with Gasteiger partial charge >= 0.3 is 5.97 Å². The molecule has 27 heavy (non-hydrogen) atoms. The van der Waals surface area contributed by atoms with Crippen molar-refractivity contribution in [3.05, 3.63) is 71.6 Å². The monoisotopic (exact) mass is 364 g/mol. The smallest absolute Gasteiger partial charge is 0.331 e. The van der Waals surface area contributed by atoms with E-state index in [0.717, 1.165) is 11.1 Å². The second-order valence-corrected chi connectivity index (χ2v) is 6.20. The highest BCUT2D eigenvalue weighted by molar-refractivity contribution is 5.89. The second kappa shape index (κ2) is 8.31. The Balaban J connectivity index is 1.48. The molecule has 0 bridgehead atoms. The molecule has 0 saturated carbocycles. The molecule has 0 aliphatic heterocycles. The molecule has 0 N–H and O–H groups in total. The summed E-state index contributed by atoms with van der Waals surface area (Å²) in [6.45, 7) is 2.14. The molecule has 1 heterocycles. The summed E-state index contributed by atoms with van der Waals surface area (Å²) in [5, 5.41) is 0. The van der Waals surface area contributed by atoms with Crippen LogP contribution < -0.4 is 0 Å². The van der Waals surface area contributed by atoms with Crippen molar-refractivity contribution in [1.29, 1.82) is 0 Å². The van der Waals surface area contributed by atoms with Crippen LogP contribution in [0.25, 0.3) is 17.2 Å². The Morgan fingerprint density at radius 2 is 1.89 bits per heavy atom. The van der Waals surface area contributed by atoms with Crippen molar-refractivity contribution < 1.29 is 18.7 Å². The summed E-state index contributed by atoms with van der Waals surface area (Å²) >= 11 is 0. The predicted molar refractivity (Wildman–Crippen MR) is 102 cm³/mol. The minimum Gasteiger partial charge on any atom is -0.452 e. The van der Waals surface area contributed by atoms with Crippen molar-refractivity contribution in [1.82, 2.24) is 9.88 Å². The van der Waals surface area contributed by atoms with Crippen molar-refractivity contribution in [3.63, 3.8) is 0 Å². The molecule has 0 atom stereocenters. The number of amides is 1. The Kier molecular flexibility index (Phi) is 5.66. The first-order valence-electron chi connectivity index (χ1n) is 8.51. The van der Waals surface area contributed by atoms with Gasteiger partial charge in [0.1, 0.15) is 5.52 Å². The molecule has 6 nitrogen and oxygen atoms in total. The predicted octanol–water partition coefficient (Wildman–Crippen LogP) is 3.35. The summed E-state index contributed by atoms with van der Waals surface area (Å²) in [6.07, 6.45) is 2.61. The summed E-state index contributed by atoms with van der Waals surface area (Å²) in [6, 6.07) is 15.2. The van der Waals surface area contributed by atoms with Crippen LogP contribution in [0.4, 0.5) is 0 Å². The van der Waals surface area contributed by atoms with Gasteiger partial charge in [0.05, 0.1) is 0 Å². The van der Waals surface area contributed by atoms with Gasteiger partial charge in [0.2, 0.25) is 5.89 Å². The fourth-order valence-corrected chi connectivity index (χ4v) is 2.45. The van der Waals surface area contributed by atoms with Crippen LogP contribution in [-0.2, 0) is 20.9 Å². The van der Waals surface area contributed by atoms with Crippen molar-refractivity contribution >= 4 is 29.1 Å². The van der Waals surface area contributed by atoms with Crippen LogP contribution in [0, 0.1) is 6.92 Å². The number of likely N-dealkylation sites (N-methyl/N-ethyl adjacent to an activating group) is 1. The van der Waals surface area contributed by atoms with Crippen LogP contribution in [0.1, 0.15) is 17.0 Å². The van der Waals surface area contributed by atoms with Gasteiger partial charge in [-0.05, 0) is 24.6 Å². The Hall–Kier alpha value is -3.41. The molecule has 3 aromatic rings. The summed E-state index contributed by atoms with van der Waals surface area (Å²) in [7, 11) is 1.67. The maximum atomic E-state index is 12.1. The number of fused-ring (bicyclic) bond motifs is 1. The number of nitrogens with zero attached hydrogens (tertiary/aromatic N) is 2. The van der Waals surface area contributed by atoms with Gasteiger partial charge in [-0.3, -0.25) is 4.79 Å². The van der Waals surface area contributed by atoms with Crippen molar-refractivity contribution in [2.75, 3.05) is 13.7 Å². The topological polar surface area (TPSA) is 72.6 Å². The normalized spacial score (nSPS) is 11.0. The number of esters is 1. The van der Waals surface area contributed by atoms with E-state index in [4.69, 9.17) is 9.15 Å². The summed E-state index contributed by atoms with van der Waals surface area (Å²) in [5.74, 6) is -0.607. The molecule has 138 valence electrons. The maximum absolute atomic E-state index is 12.1. The number of hydrogen-bond acceptors (Lipinski definition) is 5. The number of rotatable bonds is 6. The third-order valence-corrected chi connectivity index (χ3v) is 3.98. The average molecular weight is 364 g/mol. The standard InChI is InChI=1S/C21H20N2O4/c1-15-7-9-16(10-8-15)13-23(2)20(24)14-26-21(25)12-11-19-22-17-5-3-4-6-18(17)27-19/h3-12H,13-14H2,1-2H3/b12-11+. The van der Waals surface area contributed by atoms with Gasteiger partial charge in [-0.1, -0.05) is 42.0 Å². The number of carbonyl (C=O) groups is 2. The highest BCUT2D eigenvalue weighted by Gasteiger charge is 2.11. The molecular weight excluding hydrogens is 344 g/mol. The van der Waals surface area contributed by atoms with E-state index in [1.807, 2.05) is 49.4 Å². The number of aryl methyl sites for hydroxylation is 1. The molecule has 0 aliphatic carbocycles. The minimum atomic E-state index is -0.630. The Labute approximate surface area is 157 Å². The summed E-state index contributed by atoms with van der Waals surface area (Å²) in [4.78, 5) is 29.7. The number of ether oxygens (including phenoxy) is 1. The molecule has 1 aromatic heterocycles. The highest BCUT2D eigenvalue weighted by atomic mass is 16.5. The molecule has 0 radical (unpaired) electrons. The van der Waals surface area contributed by atoms with E-state index < -0.39 is 5.97 Å². The zero-order chi connectivity index (χ0) is 19.2. The van der Waals surface area contributed by atoms with E-state index in [-0.39, 0.29) is 12.5 Å². The quantitative estimate of drug-likeness (QED) is 0.495. The third-order valence-electron chi connectivity index (χ3n) is 3.98. The van der Waals surface area contributed by atoms with E-state index in [1.54, 1.807) is 13.1 Å². The molecule has 0 saturated heterocycles. The molecular formula is C21H20N2O4. The average Bonchev–Trinajstić information content (AvgIpc) is 3.09. The molecule has 0 fully saturated rings. The van der Waals surface area contributed by atoms with Crippen LogP contribution in [-0.4, -0.2) is 35.4 Å². The van der Waals surface area contributed by atoms with Gasteiger partial charge in [-0.2, -0.15) is 0 Å². The molecule has 0 aliphatic rings. The lowest BCUT2D eigenvalue weighted by Gasteiger charge is -2.17. The fourth-order valence-electron chi connectivity index (χ4n) is 2.45. The van der Waals surface area contributed by atoms with Gasteiger partial charge < -0.3 is 14.1 Å². The highest BCUT2D eigenvalue weighted by Crippen LogP contribution is 2.15. The number of carbonyl (C=O) groups excluding carboxylic acids is 2. The van der Waals surface area contributed by atoms with Crippen molar-refractivity contribution in [3.8, 4) is 0 Å². The van der Waals surface area contributed by atoms with E-state index in [9.17, 15) is 9.59 Å². The third kappa shape index (κ3) is 5.04. The van der Waals surface area contributed by atoms with E-state index in [0.29, 0.717) is 23.5 Å². The minimum absolute atomic E-state index is 0.279. The molecule has 0 unspecified atom stereocenters. The lowest BCUT2D eigenvalue weighted by molar-refractivity contribution is -0.147. The number of para-hydroxylation sites is 2. The lowest BCUT2D eigenvalue weighted by atomic mass is 10.1. The molecule has 3 rings (SSSR count). The molecule has 0 spiro atoms. The van der Waals surface area contributed by atoms with E-state index >= 15 is 0 Å². The Morgan fingerprint density at radius 3 is 2.63 bits per heavy atom. The number of aromatic nitrogens is 1. The van der Waals surface area contributed by atoms with Crippen LogP contribution in [0.2, 0.25) is 0 Å². The number of benzene rings is 2. The molecule has 2 aromatic carbocycles. The number of hydrogen-bond donors (Lipinski definition) is 0. The zero-order valence-corrected chi connectivity index (χ0v) is 15.2. The van der Waals surface area contributed by atoms with Crippen LogP contribution in [0.15, 0.2) is 59.0 Å².